The zero-order valence-corrected chi connectivity index (χ0v) is 7.93. The Labute approximate surface area is 81.0 Å². The van der Waals surface area contributed by atoms with Crippen LogP contribution in [0.15, 0.2) is 18.3 Å². The number of carbonyl (C=O) groups is 2. The van der Waals surface area contributed by atoms with E-state index in [1.807, 2.05) is 0 Å². The van der Waals surface area contributed by atoms with Crippen molar-refractivity contribution in [3.8, 4) is 0 Å². The Balaban J connectivity index is 2.73. The fourth-order valence-corrected chi connectivity index (χ4v) is 0.824. The van der Waals surface area contributed by atoms with Crippen LogP contribution >= 0.6 is 0 Å². The van der Waals surface area contributed by atoms with Gasteiger partial charge >= 0.3 is 5.97 Å². The first kappa shape index (κ1) is 10.2. The molecule has 0 radical (unpaired) electrons. The van der Waals surface area contributed by atoms with Gasteiger partial charge in [-0.05, 0) is 12.1 Å². The van der Waals surface area contributed by atoms with Gasteiger partial charge in [0.1, 0.15) is 0 Å². The molecule has 0 aliphatic rings. The number of esters is 1. The number of carbonyl (C=O) groups excluding carboxylic acids is 2. The molecule has 0 saturated heterocycles. The maximum absolute atomic E-state index is 10.8. The topological polar surface area (TPSA) is 61.2 Å². The van der Waals surface area contributed by atoms with Crippen LogP contribution in [0.3, 0.4) is 0 Å². The third-order valence-electron chi connectivity index (χ3n) is 1.52. The first-order chi connectivity index (χ1) is 6.63. The van der Waals surface area contributed by atoms with E-state index in [1.165, 1.54) is 37.1 Å². The van der Waals surface area contributed by atoms with Gasteiger partial charge in [0.15, 0.2) is 0 Å². The lowest BCUT2D eigenvalue weighted by molar-refractivity contribution is -0.134. The average molecular weight is 194 g/mol. The van der Waals surface area contributed by atoms with E-state index in [0.717, 1.165) is 0 Å². The van der Waals surface area contributed by atoms with Crippen molar-refractivity contribution in [2.45, 2.75) is 6.92 Å². The molecule has 0 saturated carbocycles. The SMILES string of the molecule is COC(=O)/C=C/c1ccn(C(C)=O)n1. The molecular weight excluding hydrogens is 184 g/mol. The molecule has 0 atom stereocenters. The van der Waals surface area contributed by atoms with Gasteiger partial charge in [-0.25, -0.2) is 9.48 Å². The number of nitrogens with zero attached hydrogens (tertiary/aromatic N) is 2. The molecule has 1 heterocycles. The summed E-state index contributed by atoms with van der Waals surface area (Å²) >= 11 is 0. The van der Waals surface area contributed by atoms with Crippen molar-refractivity contribution in [1.82, 2.24) is 9.78 Å². The normalized spacial score (nSPS) is 10.4. The lowest BCUT2D eigenvalue weighted by Crippen LogP contribution is -2.05. The van der Waals surface area contributed by atoms with E-state index < -0.39 is 5.97 Å². The van der Waals surface area contributed by atoms with Crippen LogP contribution in [0.25, 0.3) is 6.08 Å². The molecule has 0 spiro atoms. The van der Waals surface area contributed by atoms with Gasteiger partial charge in [0.25, 0.3) is 0 Å². The van der Waals surface area contributed by atoms with Gasteiger partial charge in [0.05, 0.1) is 12.8 Å². The third kappa shape index (κ3) is 2.55. The number of hydrogen-bond donors (Lipinski definition) is 0. The van der Waals surface area contributed by atoms with Gasteiger partial charge in [-0.15, -0.1) is 0 Å². The largest absolute Gasteiger partial charge is 0.466 e. The minimum absolute atomic E-state index is 0.178. The molecule has 1 rings (SSSR count). The summed E-state index contributed by atoms with van der Waals surface area (Å²) in [6, 6.07) is 1.63. The summed E-state index contributed by atoms with van der Waals surface area (Å²) in [7, 11) is 1.29. The van der Waals surface area contributed by atoms with Gasteiger partial charge in [-0.1, -0.05) is 0 Å². The fraction of sp³-hybridized carbons (Fsp3) is 0.222. The van der Waals surface area contributed by atoms with Crippen molar-refractivity contribution >= 4 is 18.0 Å². The molecule has 0 bridgehead atoms. The fourth-order valence-electron chi connectivity index (χ4n) is 0.824. The number of aromatic nitrogens is 2. The zero-order valence-electron chi connectivity index (χ0n) is 7.93. The van der Waals surface area contributed by atoms with Crippen molar-refractivity contribution < 1.29 is 14.3 Å². The summed E-state index contributed by atoms with van der Waals surface area (Å²) in [4.78, 5) is 21.6. The molecule has 0 N–H and O–H groups in total. The number of ether oxygens (including phenoxy) is 1. The van der Waals surface area contributed by atoms with E-state index in [4.69, 9.17) is 0 Å². The summed E-state index contributed by atoms with van der Waals surface area (Å²) in [5, 5.41) is 3.89. The summed E-state index contributed by atoms with van der Waals surface area (Å²) in [5.41, 5.74) is 0.533. The Morgan fingerprint density at radius 3 is 2.79 bits per heavy atom. The third-order valence-corrected chi connectivity index (χ3v) is 1.52. The summed E-state index contributed by atoms with van der Waals surface area (Å²) < 4.78 is 5.59. The predicted octanol–water partition coefficient (Wildman–Crippen LogP) is 0.729. The Morgan fingerprint density at radius 1 is 1.57 bits per heavy atom. The lowest BCUT2D eigenvalue weighted by atomic mass is 10.4. The summed E-state index contributed by atoms with van der Waals surface area (Å²) in [5.74, 6) is -0.634. The molecule has 1 aromatic rings. The minimum atomic E-state index is -0.456. The molecular formula is C9H10N2O3. The standard InChI is InChI=1S/C9H10N2O3/c1-7(12)11-6-5-8(10-11)3-4-9(13)14-2/h3-6H,1-2H3/b4-3+. The summed E-state index contributed by atoms with van der Waals surface area (Å²) in [6.07, 6.45) is 4.25. The number of hydrogen-bond acceptors (Lipinski definition) is 4. The lowest BCUT2D eigenvalue weighted by Gasteiger charge is -1.90. The van der Waals surface area contributed by atoms with Crippen LogP contribution in [-0.4, -0.2) is 28.8 Å². The molecule has 1 aromatic heterocycles. The molecule has 74 valence electrons. The Bertz CT molecular complexity index is 379. The van der Waals surface area contributed by atoms with E-state index in [-0.39, 0.29) is 5.91 Å². The van der Waals surface area contributed by atoms with E-state index in [9.17, 15) is 9.59 Å². The second kappa shape index (κ2) is 4.36. The van der Waals surface area contributed by atoms with Gasteiger partial charge in [-0.3, -0.25) is 4.79 Å². The second-order valence-corrected chi connectivity index (χ2v) is 2.56. The molecule has 0 aliphatic carbocycles. The van der Waals surface area contributed by atoms with E-state index in [1.54, 1.807) is 6.07 Å². The minimum Gasteiger partial charge on any atom is -0.466 e. The van der Waals surface area contributed by atoms with E-state index in [2.05, 4.69) is 9.84 Å². The molecule has 5 nitrogen and oxygen atoms in total. The van der Waals surface area contributed by atoms with Gasteiger partial charge in [-0.2, -0.15) is 5.10 Å². The molecule has 0 aliphatic heterocycles. The zero-order chi connectivity index (χ0) is 10.6. The quantitative estimate of drug-likeness (QED) is 0.514. The first-order valence-corrected chi connectivity index (χ1v) is 3.96. The highest BCUT2D eigenvalue weighted by Crippen LogP contribution is 1.98. The van der Waals surface area contributed by atoms with Crippen LogP contribution in [0.5, 0.6) is 0 Å². The molecule has 0 aromatic carbocycles. The van der Waals surface area contributed by atoms with Crippen LogP contribution < -0.4 is 0 Å². The average Bonchev–Trinajstić information content (AvgIpc) is 2.62. The Kier molecular flexibility index (Phi) is 3.17. The van der Waals surface area contributed by atoms with E-state index in [0.29, 0.717) is 5.69 Å². The van der Waals surface area contributed by atoms with Crippen molar-refractivity contribution in [3.63, 3.8) is 0 Å². The highest BCUT2D eigenvalue weighted by atomic mass is 16.5. The van der Waals surface area contributed by atoms with Crippen molar-refractivity contribution in [1.29, 1.82) is 0 Å². The van der Waals surface area contributed by atoms with Crippen LogP contribution in [0.4, 0.5) is 0 Å². The molecule has 0 fully saturated rings. The molecule has 0 unspecified atom stereocenters. The predicted molar refractivity (Wildman–Crippen MR) is 49.6 cm³/mol. The van der Waals surface area contributed by atoms with Crippen LogP contribution in [0.2, 0.25) is 0 Å². The molecule has 14 heavy (non-hydrogen) atoms. The first-order valence-electron chi connectivity index (χ1n) is 3.96. The van der Waals surface area contributed by atoms with Gasteiger partial charge < -0.3 is 4.74 Å². The van der Waals surface area contributed by atoms with Gasteiger partial charge in [0.2, 0.25) is 5.91 Å². The number of rotatable bonds is 2. The highest BCUT2D eigenvalue weighted by Gasteiger charge is 1.99. The monoisotopic (exact) mass is 194 g/mol. The van der Waals surface area contributed by atoms with Gasteiger partial charge in [0, 0.05) is 19.2 Å². The Morgan fingerprint density at radius 2 is 2.29 bits per heavy atom. The van der Waals surface area contributed by atoms with Crippen LogP contribution in [-0.2, 0) is 9.53 Å². The summed E-state index contributed by atoms with van der Waals surface area (Å²) in [6.45, 7) is 1.40. The van der Waals surface area contributed by atoms with Crippen molar-refractivity contribution in [2.24, 2.45) is 0 Å². The van der Waals surface area contributed by atoms with Crippen LogP contribution in [0.1, 0.15) is 17.4 Å². The maximum atomic E-state index is 10.8. The van der Waals surface area contributed by atoms with Crippen molar-refractivity contribution in [3.05, 3.63) is 24.0 Å². The van der Waals surface area contributed by atoms with E-state index >= 15 is 0 Å². The number of methoxy groups -OCH3 is 1. The maximum Gasteiger partial charge on any atom is 0.330 e. The Hall–Kier alpha value is -1.91. The molecule has 0 amide bonds. The highest BCUT2D eigenvalue weighted by molar-refractivity contribution is 5.86. The second-order valence-electron chi connectivity index (χ2n) is 2.56. The smallest absolute Gasteiger partial charge is 0.330 e. The van der Waals surface area contributed by atoms with Crippen LogP contribution in [0, 0.1) is 0 Å². The molecule has 5 heteroatoms. The van der Waals surface area contributed by atoms with Crippen molar-refractivity contribution in [2.75, 3.05) is 7.11 Å².